The number of carbonyl (C=O) groups is 1. The van der Waals surface area contributed by atoms with Crippen molar-refractivity contribution in [3.63, 3.8) is 0 Å². The maximum atomic E-state index is 11.7. The lowest BCUT2D eigenvalue weighted by molar-refractivity contribution is 0.0953. The summed E-state index contributed by atoms with van der Waals surface area (Å²) in [7, 11) is 0. The molecular formula is C14H21ClN2O2. The Morgan fingerprint density at radius 3 is 2.63 bits per heavy atom. The zero-order chi connectivity index (χ0) is 13.4. The Hall–Kier alpha value is -1.52. The number of carbonyl (C=O) groups excluding carboxylic acids is 1. The van der Waals surface area contributed by atoms with Gasteiger partial charge < -0.3 is 15.8 Å². The van der Waals surface area contributed by atoms with E-state index in [4.69, 9.17) is 10.5 Å². The molecule has 106 valence electrons. The van der Waals surface area contributed by atoms with Crippen molar-refractivity contribution in [2.45, 2.75) is 19.4 Å². The fraction of sp³-hybridized carbons (Fsp3) is 0.357. The highest BCUT2D eigenvalue weighted by Gasteiger charge is 2.05. The van der Waals surface area contributed by atoms with Crippen LogP contribution in [-0.2, 0) is 0 Å². The van der Waals surface area contributed by atoms with Crippen molar-refractivity contribution in [1.29, 1.82) is 0 Å². The van der Waals surface area contributed by atoms with Crippen LogP contribution >= 0.6 is 12.4 Å². The highest BCUT2D eigenvalue weighted by molar-refractivity contribution is 5.94. The van der Waals surface area contributed by atoms with Gasteiger partial charge in [-0.2, -0.15) is 0 Å². The first kappa shape index (κ1) is 17.5. The van der Waals surface area contributed by atoms with Gasteiger partial charge in [-0.1, -0.05) is 12.7 Å². The first-order valence-corrected chi connectivity index (χ1v) is 6.01. The van der Waals surface area contributed by atoms with E-state index >= 15 is 0 Å². The number of benzene rings is 1. The van der Waals surface area contributed by atoms with Gasteiger partial charge in [-0.25, -0.2) is 0 Å². The van der Waals surface area contributed by atoms with Crippen LogP contribution < -0.4 is 15.8 Å². The lowest BCUT2D eigenvalue weighted by Gasteiger charge is -2.08. The molecule has 0 aliphatic heterocycles. The summed E-state index contributed by atoms with van der Waals surface area (Å²) in [6, 6.07) is 7.10. The third-order valence-corrected chi connectivity index (χ3v) is 2.37. The Bertz CT molecular complexity index is 391. The predicted octanol–water partition coefficient (Wildman–Crippen LogP) is 2.14. The molecule has 0 spiro atoms. The Balaban J connectivity index is 0.00000324. The summed E-state index contributed by atoms with van der Waals surface area (Å²) < 4.78 is 5.34. The molecule has 1 rings (SSSR count). The van der Waals surface area contributed by atoms with Crippen molar-refractivity contribution in [3.8, 4) is 5.75 Å². The van der Waals surface area contributed by atoms with Gasteiger partial charge in [0.25, 0.3) is 5.91 Å². The summed E-state index contributed by atoms with van der Waals surface area (Å²) in [4.78, 5) is 11.7. The zero-order valence-corrected chi connectivity index (χ0v) is 11.9. The van der Waals surface area contributed by atoms with Gasteiger partial charge in [-0.3, -0.25) is 4.79 Å². The molecule has 5 heteroatoms. The maximum Gasteiger partial charge on any atom is 0.251 e. The number of halogens is 1. The lowest BCUT2D eigenvalue weighted by Crippen LogP contribution is -2.28. The molecule has 1 aromatic rings. The Labute approximate surface area is 120 Å². The quantitative estimate of drug-likeness (QED) is 0.754. The average molecular weight is 285 g/mol. The minimum absolute atomic E-state index is 0. The first-order valence-electron chi connectivity index (χ1n) is 6.01. The molecule has 0 aliphatic rings. The molecule has 0 saturated heterocycles. The number of amides is 1. The molecule has 0 aromatic heterocycles. The fourth-order valence-corrected chi connectivity index (χ4v) is 1.37. The van der Waals surface area contributed by atoms with Crippen molar-refractivity contribution >= 4 is 18.3 Å². The predicted molar refractivity (Wildman–Crippen MR) is 80.0 cm³/mol. The standard InChI is InChI=1S/C14H20N2O2.ClH/c1-3-10-18-13-6-4-12(5-7-13)14(17)16-9-8-11(2)15;/h3-7,11H,1,8-10,15H2,2H3,(H,16,17);1H. The first-order chi connectivity index (χ1) is 8.63. The monoisotopic (exact) mass is 284 g/mol. The second-order valence-corrected chi connectivity index (χ2v) is 4.15. The molecular weight excluding hydrogens is 264 g/mol. The van der Waals surface area contributed by atoms with Gasteiger partial charge >= 0.3 is 0 Å². The minimum Gasteiger partial charge on any atom is -0.490 e. The van der Waals surface area contributed by atoms with E-state index in [-0.39, 0.29) is 24.4 Å². The Morgan fingerprint density at radius 2 is 2.11 bits per heavy atom. The molecule has 1 atom stereocenters. The topological polar surface area (TPSA) is 64.3 Å². The Morgan fingerprint density at radius 1 is 1.47 bits per heavy atom. The van der Waals surface area contributed by atoms with Crippen LogP contribution in [0.4, 0.5) is 0 Å². The molecule has 1 aromatic carbocycles. The third kappa shape index (κ3) is 6.84. The summed E-state index contributed by atoms with van der Waals surface area (Å²) in [6.07, 6.45) is 2.45. The normalized spacial score (nSPS) is 11.1. The smallest absolute Gasteiger partial charge is 0.251 e. The minimum atomic E-state index is -0.0917. The van der Waals surface area contributed by atoms with Crippen LogP contribution in [0, 0.1) is 0 Å². The van der Waals surface area contributed by atoms with Gasteiger partial charge in [0.2, 0.25) is 0 Å². The second kappa shape index (κ2) is 9.42. The maximum absolute atomic E-state index is 11.7. The van der Waals surface area contributed by atoms with Gasteiger partial charge in [0.1, 0.15) is 12.4 Å². The van der Waals surface area contributed by atoms with Crippen LogP contribution in [-0.4, -0.2) is 25.1 Å². The summed E-state index contributed by atoms with van der Waals surface area (Å²) in [5, 5.41) is 2.82. The zero-order valence-electron chi connectivity index (χ0n) is 11.1. The number of rotatable bonds is 7. The fourth-order valence-electron chi connectivity index (χ4n) is 1.37. The van der Waals surface area contributed by atoms with Crippen LogP contribution in [0.3, 0.4) is 0 Å². The number of hydrogen-bond acceptors (Lipinski definition) is 3. The van der Waals surface area contributed by atoms with Gasteiger partial charge in [0.15, 0.2) is 0 Å². The largest absolute Gasteiger partial charge is 0.490 e. The van der Waals surface area contributed by atoms with E-state index in [1.54, 1.807) is 30.3 Å². The van der Waals surface area contributed by atoms with Crippen LogP contribution in [0.2, 0.25) is 0 Å². The van der Waals surface area contributed by atoms with Crippen LogP contribution in [0.25, 0.3) is 0 Å². The average Bonchev–Trinajstić information content (AvgIpc) is 2.36. The molecule has 3 N–H and O–H groups in total. The van der Waals surface area contributed by atoms with E-state index in [0.717, 1.165) is 12.2 Å². The van der Waals surface area contributed by atoms with Crippen LogP contribution in [0.5, 0.6) is 5.75 Å². The van der Waals surface area contributed by atoms with E-state index < -0.39 is 0 Å². The molecule has 0 aliphatic carbocycles. The lowest BCUT2D eigenvalue weighted by atomic mass is 10.2. The molecule has 0 heterocycles. The number of nitrogens with two attached hydrogens (primary N) is 1. The van der Waals surface area contributed by atoms with E-state index in [9.17, 15) is 4.79 Å². The molecule has 0 fully saturated rings. The van der Waals surface area contributed by atoms with Crippen LogP contribution in [0.15, 0.2) is 36.9 Å². The van der Waals surface area contributed by atoms with Gasteiger partial charge in [-0.05, 0) is 37.6 Å². The summed E-state index contributed by atoms with van der Waals surface area (Å²) in [5.74, 6) is 0.632. The van der Waals surface area contributed by atoms with Crippen molar-refractivity contribution in [2.24, 2.45) is 5.73 Å². The van der Waals surface area contributed by atoms with E-state index in [2.05, 4.69) is 11.9 Å². The van der Waals surface area contributed by atoms with E-state index in [1.807, 2.05) is 6.92 Å². The molecule has 4 nitrogen and oxygen atoms in total. The molecule has 0 saturated carbocycles. The molecule has 1 unspecified atom stereocenters. The summed E-state index contributed by atoms with van der Waals surface area (Å²) in [6.45, 7) is 6.53. The van der Waals surface area contributed by atoms with Crippen molar-refractivity contribution in [1.82, 2.24) is 5.32 Å². The summed E-state index contributed by atoms with van der Waals surface area (Å²) >= 11 is 0. The SMILES string of the molecule is C=CCOc1ccc(C(=O)NCCC(C)N)cc1.Cl. The van der Waals surface area contributed by atoms with Gasteiger partial charge in [-0.15, -0.1) is 12.4 Å². The number of nitrogens with one attached hydrogen (secondary N) is 1. The molecule has 19 heavy (non-hydrogen) atoms. The molecule has 0 bridgehead atoms. The van der Waals surface area contributed by atoms with Crippen molar-refractivity contribution in [2.75, 3.05) is 13.2 Å². The highest BCUT2D eigenvalue weighted by atomic mass is 35.5. The van der Waals surface area contributed by atoms with Crippen molar-refractivity contribution in [3.05, 3.63) is 42.5 Å². The third-order valence-electron chi connectivity index (χ3n) is 2.37. The molecule has 0 radical (unpaired) electrons. The number of hydrogen-bond donors (Lipinski definition) is 2. The van der Waals surface area contributed by atoms with E-state index in [0.29, 0.717) is 18.7 Å². The van der Waals surface area contributed by atoms with Crippen LogP contribution in [0.1, 0.15) is 23.7 Å². The highest BCUT2D eigenvalue weighted by Crippen LogP contribution is 2.12. The second-order valence-electron chi connectivity index (χ2n) is 4.15. The number of ether oxygens (including phenoxy) is 1. The molecule has 1 amide bonds. The Kier molecular flexibility index (Phi) is 8.66. The summed E-state index contributed by atoms with van der Waals surface area (Å²) in [5.41, 5.74) is 6.22. The van der Waals surface area contributed by atoms with Crippen molar-refractivity contribution < 1.29 is 9.53 Å². The van der Waals surface area contributed by atoms with Gasteiger partial charge in [0, 0.05) is 18.2 Å². The van der Waals surface area contributed by atoms with E-state index in [1.165, 1.54) is 0 Å². The van der Waals surface area contributed by atoms with Gasteiger partial charge in [0.05, 0.1) is 0 Å².